The molecule has 0 spiro atoms. The molecule has 0 bridgehead atoms. The first-order valence-electron chi connectivity index (χ1n) is 13.0. The molecule has 30 heavy (non-hydrogen) atoms. The predicted molar refractivity (Wildman–Crippen MR) is 126 cm³/mol. The van der Waals surface area contributed by atoms with Gasteiger partial charge in [0.05, 0.1) is 11.7 Å². The van der Waals surface area contributed by atoms with Gasteiger partial charge < -0.3 is 15.1 Å². The van der Waals surface area contributed by atoms with Crippen molar-refractivity contribution in [3.63, 3.8) is 0 Å². The standard InChI is InChI=1S/C27H47NO2/c1-3-4-14-27(2,30)15-11-13-24-25-20-22(19-23(25)21-26(24)29)12-7-5-8-16-28-17-9-6-10-18-28/h11,13,19,23-26,29-30H,3-10,12,14-18,20-21H2,1-2H3/t23-,24+,25-,26+,27-/m0/s1. The number of aliphatic hydroxyl groups excluding tert-OH is 1. The van der Waals surface area contributed by atoms with E-state index in [0.717, 1.165) is 25.7 Å². The first kappa shape index (κ1) is 24.0. The van der Waals surface area contributed by atoms with Crippen LogP contribution in [-0.4, -0.2) is 46.5 Å². The third kappa shape index (κ3) is 7.21. The first-order chi connectivity index (χ1) is 14.5. The summed E-state index contributed by atoms with van der Waals surface area (Å²) in [7, 11) is 0. The number of rotatable bonds is 12. The average Bonchev–Trinajstić information content (AvgIpc) is 3.24. The van der Waals surface area contributed by atoms with E-state index < -0.39 is 5.60 Å². The molecular formula is C27H47NO2. The molecule has 3 nitrogen and oxygen atoms in total. The second kappa shape index (κ2) is 11.8. The maximum absolute atomic E-state index is 10.6. The zero-order valence-electron chi connectivity index (χ0n) is 19.7. The number of likely N-dealkylation sites (tertiary alicyclic amines) is 1. The second-order valence-electron chi connectivity index (χ2n) is 10.7. The minimum atomic E-state index is -0.608. The minimum absolute atomic E-state index is 0.209. The molecule has 0 amide bonds. The molecule has 2 fully saturated rings. The number of allylic oxidation sites excluding steroid dienone is 2. The fourth-order valence-corrected chi connectivity index (χ4v) is 5.98. The van der Waals surface area contributed by atoms with Gasteiger partial charge >= 0.3 is 0 Å². The SMILES string of the molecule is CCCC[C@](C)(O)CC=C[C@@H]1[C@H]2CC(CCCCCN3CCCCC3)=C[C@H]2C[C@H]1O. The van der Waals surface area contributed by atoms with Gasteiger partial charge in [-0.2, -0.15) is 0 Å². The van der Waals surface area contributed by atoms with Crippen LogP contribution in [0.25, 0.3) is 0 Å². The molecule has 172 valence electrons. The van der Waals surface area contributed by atoms with Crippen molar-refractivity contribution in [2.45, 2.75) is 109 Å². The Bertz CT molecular complexity index is 561. The van der Waals surface area contributed by atoms with Crippen molar-refractivity contribution in [3.05, 3.63) is 23.8 Å². The predicted octanol–water partition coefficient (Wildman–Crippen LogP) is 5.86. The summed E-state index contributed by atoms with van der Waals surface area (Å²) in [5, 5.41) is 21.1. The Hall–Kier alpha value is -0.640. The highest BCUT2D eigenvalue weighted by molar-refractivity contribution is 5.20. The van der Waals surface area contributed by atoms with E-state index in [-0.39, 0.29) is 12.0 Å². The van der Waals surface area contributed by atoms with Crippen LogP contribution >= 0.6 is 0 Å². The monoisotopic (exact) mass is 417 g/mol. The van der Waals surface area contributed by atoms with Crippen LogP contribution in [0.2, 0.25) is 0 Å². The van der Waals surface area contributed by atoms with E-state index in [2.05, 4.69) is 30.1 Å². The van der Waals surface area contributed by atoms with Gasteiger partial charge in [-0.1, -0.05) is 56.4 Å². The number of aliphatic hydroxyl groups is 2. The summed E-state index contributed by atoms with van der Waals surface area (Å²) >= 11 is 0. The Morgan fingerprint density at radius 1 is 1.13 bits per heavy atom. The van der Waals surface area contributed by atoms with Crippen LogP contribution in [0.1, 0.15) is 97.3 Å². The smallest absolute Gasteiger partial charge is 0.0654 e. The number of unbranched alkanes of at least 4 members (excludes halogenated alkanes) is 3. The Kier molecular flexibility index (Phi) is 9.47. The number of piperidine rings is 1. The summed E-state index contributed by atoms with van der Waals surface area (Å²) in [6.45, 7) is 8.05. The molecule has 1 aliphatic heterocycles. The fourth-order valence-electron chi connectivity index (χ4n) is 5.98. The maximum atomic E-state index is 10.6. The van der Waals surface area contributed by atoms with Gasteiger partial charge in [0.25, 0.3) is 0 Å². The van der Waals surface area contributed by atoms with E-state index in [1.807, 2.05) is 6.92 Å². The molecule has 0 aromatic heterocycles. The van der Waals surface area contributed by atoms with E-state index >= 15 is 0 Å². The molecular weight excluding hydrogens is 370 g/mol. The van der Waals surface area contributed by atoms with Crippen molar-refractivity contribution in [1.82, 2.24) is 4.90 Å². The van der Waals surface area contributed by atoms with E-state index in [4.69, 9.17) is 0 Å². The van der Waals surface area contributed by atoms with Crippen molar-refractivity contribution >= 4 is 0 Å². The third-order valence-electron chi connectivity index (χ3n) is 7.86. The molecule has 1 saturated heterocycles. The summed E-state index contributed by atoms with van der Waals surface area (Å²) in [4.78, 5) is 2.65. The van der Waals surface area contributed by atoms with Gasteiger partial charge in [-0.3, -0.25) is 0 Å². The molecule has 2 aliphatic carbocycles. The molecule has 0 aromatic carbocycles. The van der Waals surface area contributed by atoms with E-state index in [0.29, 0.717) is 18.3 Å². The van der Waals surface area contributed by atoms with Crippen LogP contribution in [0, 0.1) is 17.8 Å². The second-order valence-corrected chi connectivity index (χ2v) is 10.7. The van der Waals surface area contributed by atoms with Crippen molar-refractivity contribution in [2.24, 2.45) is 17.8 Å². The highest BCUT2D eigenvalue weighted by Gasteiger charge is 2.43. The van der Waals surface area contributed by atoms with Crippen molar-refractivity contribution in [1.29, 1.82) is 0 Å². The molecule has 1 heterocycles. The summed E-state index contributed by atoms with van der Waals surface area (Å²) in [5.41, 5.74) is 1.03. The third-order valence-corrected chi connectivity index (χ3v) is 7.86. The summed E-state index contributed by atoms with van der Waals surface area (Å²) in [6, 6.07) is 0. The first-order valence-corrected chi connectivity index (χ1v) is 13.0. The molecule has 0 aromatic rings. The number of hydrogen-bond donors (Lipinski definition) is 2. The number of hydrogen-bond acceptors (Lipinski definition) is 3. The lowest BCUT2D eigenvalue weighted by atomic mass is 9.87. The number of nitrogens with zero attached hydrogens (tertiary/aromatic N) is 1. The zero-order valence-corrected chi connectivity index (χ0v) is 19.7. The van der Waals surface area contributed by atoms with Gasteiger partial charge in [0.2, 0.25) is 0 Å². The largest absolute Gasteiger partial charge is 0.392 e. The highest BCUT2D eigenvalue weighted by atomic mass is 16.3. The van der Waals surface area contributed by atoms with Crippen LogP contribution in [0.5, 0.6) is 0 Å². The van der Waals surface area contributed by atoms with E-state index in [1.165, 1.54) is 71.0 Å². The Morgan fingerprint density at radius 2 is 1.93 bits per heavy atom. The lowest BCUT2D eigenvalue weighted by Crippen LogP contribution is -2.30. The topological polar surface area (TPSA) is 43.7 Å². The van der Waals surface area contributed by atoms with Crippen LogP contribution in [0.4, 0.5) is 0 Å². The summed E-state index contributed by atoms with van der Waals surface area (Å²) in [5.74, 6) is 1.42. The van der Waals surface area contributed by atoms with Crippen LogP contribution in [0.15, 0.2) is 23.8 Å². The summed E-state index contributed by atoms with van der Waals surface area (Å²) < 4.78 is 0. The van der Waals surface area contributed by atoms with Gasteiger partial charge in [0, 0.05) is 5.92 Å². The molecule has 2 N–H and O–H groups in total. The zero-order chi connectivity index (χ0) is 21.4. The fraction of sp³-hybridized carbons (Fsp3) is 0.852. The molecule has 0 radical (unpaired) electrons. The highest BCUT2D eigenvalue weighted by Crippen LogP contribution is 2.48. The summed E-state index contributed by atoms with van der Waals surface area (Å²) in [6.07, 6.45) is 22.0. The maximum Gasteiger partial charge on any atom is 0.0654 e. The van der Waals surface area contributed by atoms with Crippen molar-refractivity contribution in [2.75, 3.05) is 19.6 Å². The van der Waals surface area contributed by atoms with Crippen LogP contribution < -0.4 is 0 Å². The van der Waals surface area contributed by atoms with Gasteiger partial charge in [-0.05, 0) is 96.2 Å². The Balaban J connectivity index is 1.36. The van der Waals surface area contributed by atoms with E-state index in [1.54, 1.807) is 5.57 Å². The molecule has 1 saturated carbocycles. The molecule has 3 rings (SSSR count). The van der Waals surface area contributed by atoms with Gasteiger partial charge in [-0.15, -0.1) is 0 Å². The van der Waals surface area contributed by atoms with Crippen LogP contribution in [-0.2, 0) is 0 Å². The Morgan fingerprint density at radius 3 is 2.70 bits per heavy atom. The molecule has 5 atom stereocenters. The lowest BCUT2D eigenvalue weighted by Gasteiger charge is -2.26. The van der Waals surface area contributed by atoms with Crippen molar-refractivity contribution < 1.29 is 10.2 Å². The average molecular weight is 418 g/mol. The number of fused-ring (bicyclic) bond motifs is 1. The van der Waals surface area contributed by atoms with Gasteiger partial charge in [-0.25, -0.2) is 0 Å². The van der Waals surface area contributed by atoms with Crippen molar-refractivity contribution in [3.8, 4) is 0 Å². The Labute approximate surface area is 185 Å². The lowest BCUT2D eigenvalue weighted by molar-refractivity contribution is 0.0513. The molecule has 3 aliphatic rings. The minimum Gasteiger partial charge on any atom is -0.392 e. The normalized spacial score (nSPS) is 31.8. The van der Waals surface area contributed by atoms with Gasteiger partial charge in [0.1, 0.15) is 0 Å². The quantitative estimate of drug-likeness (QED) is 0.308. The van der Waals surface area contributed by atoms with E-state index in [9.17, 15) is 10.2 Å². The molecule has 3 heteroatoms. The molecule has 0 unspecified atom stereocenters. The van der Waals surface area contributed by atoms with Crippen LogP contribution in [0.3, 0.4) is 0 Å². The van der Waals surface area contributed by atoms with Gasteiger partial charge in [0.15, 0.2) is 0 Å².